The molecule has 0 radical (unpaired) electrons. The highest BCUT2D eigenvalue weighted by molar-refractivity contribution is 5.87. The second-order valence-corrected chi connectivity index (χ2v) is 3.93. The van der Waals surface area contributed by atoms with Gasteiger partial charge in [0.15, 0.2) is 5.78 Å². The molecule has 0 aliphatic carbocycles. The summed E-state index contributed by atoms with van der Waals surface area (Å²) in [5.74, 6) is 0.0234. The van der Waals surface area contributed by atoms with Gasteiger partial charge in [0.05, 0.1) is 6.10 Å². The van der Waals surface area contributed by atoms with Crippen molar-refractivity contribution in [1.82, 2.24) is 0 Å². The quantitative estimate of drug-likeness (QED) is 0.745. The average molecular weight is 218 g/mol. The Hall–Kier alpha value is -1.41. The number of aliphatic hydroxyl groups is 1. The maximum absolute atomic E-state index is 10.6. The van der Waals surface area contributed by atoms with Crippen molar-refractivity contribution < 1.29 is 9.90 Å². The first kappa shape index (κ1) is 12.7. The maximum atomic E-state index is 10.6. The molecule has 16 heavy (non-hydrogen) atoms. The molecule has 86 valence electrons. The van der Waals surface area contributed by atoms with E-state index in [9.17, 15) is 9.90 Å². The number of hydrogen-bond acceptors (Lipinski definition) is 2. The fourth-order valence-corrected chi connectivity index (χ4v) is 1.49. The second-order valence-electron chi connectivity index (χ2n) is 3.93. The van der Waals surface area contributed by atoms with Crippen LogP contribution in [0.15, 0.2) is 42.5 Å². The SMILES string of the molecule is CC(=O)/C=C/C[C@H](O)CCc1ccccc1. The Kier molecular flexibility index (Phi) is 5.51. The number of aliphatic hydroxyl groups excluding tert-OH is 1. The van der Waals surface area contributed by atoms with Crippen LogP contribution < -0.4 is 0 Å². The Balaban J connectivity index is 2.25. The first-order valence-corrected chi connectivity index (χ1v) is 5.57. The molecule has 1 N–H and O–H groups in total. The van der Waals surface area contributed by atoms with Gasteiger partial charge in [-0.3, -0.25) is 4.79 Å². The average Bonchev–Trinajstić information content (AvgIpc) is 2.27. The number of carbonyl (C=O) groups excluding carboxylic acids is 1. The van der Waals surface area contributed by atoms with E-state index in [2.05, 4.69) is 12.1 Å². The molecule has 0 saturated heterocycles. The van der Waals surface area contributed by atoms with Crippen molar-refractivity contribution >= 4 is 5.78 Å². The van der Waals surface area contributed by atoms with Gasteiger partial charge >= 0.3 is 0 Å². The van der Waals surface area contributed by atoms with Gasteiger partial charge in [0.25, 0.3) is 0 Å². The van der Waals surface area contributed by atoms with Crippen molar-refractivity contribution in [1.29, 1.82) is 0 Å². The molecule has 1 rings (SSSR count). The number of allylic oxidation sites excluding steroid dienone is 1. The fraction of sp³-hybridized carbons (Fsp3) is 0.357. The van der Waals surface area contributed by atoms with Crippen LogP contribution in [0.5, 0.6) is 0 Å². The normalized spacial score (nSPS) is 12.9. The fourth-order valence-electron chi connectivity index (χ4n) is 1.49. The van der Waals surface area contributed by atoms with Gasteiger partial charge in [-0.05, 0) is 37.8 Å². The summed E-state index contributed by atoms with van der Waals surface area (Å²) in [4.78, 5) is 10.6. The standard InChI is InChI=1S/C14H18O2/c1-12(15)6-5-9-14(16)11-10-13-7-3-2-4-8-13/h2-8,14,16H,9-11H2,1H3/b6-5+/t14-/m0/s1. The lowest BCUT2D eigenvalue weighted by Crippen LogP contribution is -2.06. The van der Waals surface area contributed by atoms with Crippen molar-refractivity contribution in [2.75, 3.05) is 0 Å². The Labute approximate surface area is 96.6 Å². The van der Waals surface area contributed by atoms with Gasteiger partial charge in [-0.25, -0.2) is 0 Å². The van der Waals surface area contributed by atoms with Crippen LogP contribution in [0, 0.1) is 0 Å². The third-order valence-electron chi connectivity index (χ3n) is 2.37. The van der Waals surface area contributed by atoms with Crippen LogP contribution in [0.2, 0.25) is 0 Å². The monoisotopic (exact) mass is 218 g/mol. The number of carbonyl (C=O) groups is 1. The highest BCUT2D eigenvalue weighted by Crippen LogP contribution is 2.07. The van der Waals surface area contributed by atoms with Crippen molar-refractivity contribution in [3.8, 4) is 0 Å². The zero-order valence-corrected chi connectivity index (χ0v) is 9.60. The third kappa shape index (κ3) is 5.47. The minimum absolute atomic E-state index is 0.0234. The van der Waals surface area contributed by atoms with Gasteiger partial charge in [-0.1, -0.05) is 36.4 Å². The van der Waals surface area contributed by atoms with Gasteiger partial charge in [-0.2, -0.15) is 0 Å². The predicted octanol–water partition coefficient (Wildman–Crippen LogP) is 2.52. The molecule has 0 aliphatic rings. The molecule has 0 fully saturated rings. The van der Waals surface area contributed by atoms with E-state index in [1.165, 1.54) is 18.6 Å². The zero-order valence-electron chi connectivity index (χ0n) is 9.60. The minimum atomic E-state index is -0.365. The molecule has 0 saturated carbocycles. The van der Waals surface area contributed by atoms with Crippen LogP contribution in [-0.4, -0.2) is 17.0 Å². The van der Waals surface area contributed by atoms with Gasteiger partial charge in [0.1, 0.15) is 0 Å². The molecule has 1 aromatic rings. The molecule has 1 atom stereocenters. The zero-order chi connectivity index (χ0) is 11.8. The van der Waals surface area contributed by atoms with Crippen molar-refractivity contribution in [2.24, 2.45) is 0 Å². The number of aryl methyl sites for hydroxylation is 1. The van der Waals surface area contributed by atoms with Gasteiger partial charge in [-0.15, -0.1) is 0 Å². The molecule has 2 nitrogen and oxygen atoms in total. The van der Waals surface area contributed by atoms with Crippen molar-refractivity contribution in [3.63, 3.8) is 0 Å². The molecule has 0 amide bonds. The largest absolute Gasteiger partial charge is 0.393 e. The third-order valence-corrected chi connectivity index (χ3v) is 2.37. The Morgan fingerprint density at radius 2 is 2.06 bits per heavy atom. The summed E-state index contributed by atoms with van der Waals surface area (Å²) in [7, 11) is 0. The molecular weight excluding hydrogens is 200 g/mol. The summed E-state index contributed by atoms with van der Waals surface area (Å²) in [5, 5.41) is 9.66. The molecule has 0 spiro atoms. The van der Waals surface area contributed by atoms with Crippen molar-refractivity contribution in [2.45, 2.75) is 32.3 Å². The minimum Gasteiger partial charge on any atom is -0.393 e. The van der Waals surface area contributed by atoms with E-state index >= 15 is 0 Å². The van der Waals surface area contributed by atoms with Gasteiger partial charge in [0.2, 0.25) is 0 Å². The summed E-state index contributed by atoms with van der Waals surface area (Å²) in [5.41, 5.74) is 1.23. The van der Waals surface area contributed by atoms with Crippen LogP contribution in [0.25, 0.3) is 0 Å². The highest BCUT2D eigenvalue weighted by Gasteiger charge is 2.02. The lowest BCUT2D eigenvalue weighted by Gasteiger charge is -2.07. The van der Waals surface area contributed by atoms with Gasteiger partial charge < -0.3 is 5.11 Å². The van der Waals surface area contributed by atoms with Crippen LogP contribution in [0.4, 0.5) is 0 Å². The van der Waals surface area contributed by atoms with E-state index in [4.69, 9.17) is 0 Å². The molecule has 1 aromatic carbocycles. The summed E-state index contributed by atoms with van der Waals surface area (Å²) in [6, 6.07) is 10.1. The molecule has 0 aromatic heterocycles. The Morgan fingerprint density at radius 3 is 2.69 bits per heavy atom. The first-order chi connectivity index (χ1) is 7.68. The second kappa shape index (κ2) is 6.96. The molecular formula is C14H18O2. The smallest absolute Gasteiger partial charge is 0.152 e. The summed E-state index contributed by atoms with van der Waals surface area (Å²) in [6.45, 7) is 1.51. The summed E-state index contributed by atoms with van der Waals surface area (Å²) in [6.07, 6.45) is 5.02. The van der Waals surface area contributed by atoms with Crippen LogP contribution >= 0.6 is 0 Å². The molecule has 0 heterocycles. The number of benzene rings is 1. The van der Waals surface area contributed by atoms with E-state index in [0.717, 1.165) is 12.8 Å². The Bertz CT molecular complexity index is 341. The van der Waals surface area contributed by atoms with E-state index < -0.39 is 0 Å². The molecule has 2 heteroatoms. The number of hydrogen-bond donors (Lipinski definition) is 1. The summed E-state index contributed by atoms with van der Waals surface area (Å²) >= 11 is 0. The molecule has 0 aliphatic heterocycles. The van der Waals surface area contributed by atoms with E-state index in [1.54, 1.807) is 6.08 Å². The highest BCUT2D eigenvalue weighted by atomic mass is 16.3. The lowest BCUT2D eigenvalue weighted by molar-refractivity contribution is -0.112. The van der Waals surface area contributed by atoms with E-state index in [0.29, 0.717) is 6.42 Å². The van der Waals surface area contributed by atoms with Gasteiger partial charge in [0, 0.05) is 0 Å². The van der Waals surface area contributed by atoms with E-state index in [-0.39, 0.29) is 11.9 Å². The van der Waals surface area contributed by atoms with Crippen molar-refractivity contribution in [3.05, 3.63) is 48.0 Å². The first-order valence-electron chi connectivity index (χ1n) is 5.57. The maximum Gasteiger partial charge on any atom is 0.152 e. The van der Waals surface area contributed by atoms with Crippen LogP contribution in [-0.2, 0) is 11.2 Å². The number of rotatable bonds is 6. The number of ketones is 1. The molecule has 0 bridgehead atoms. The topological polar surface area (TPSA) is 37.3 Å². The van der Waals surface area contributed by atoms with Crippen LogP contribution in [0.3, 0.4) is 0 Å². The van der Waals surface area contributed by atoms with E-state index in [1.807, 2.05) is 18.2 Å². The summed E-state index contributed by atoms with van der Waals surface area (Å²) < 4.78 is 0. The Morgan fingerprint density at radius 1 is 1.38 bits per heavy atom. The van der Waals surface area contributed by atoms with Crippen LogP contribution in [0.1, 0.15) is 25.3 Å². The lowest BCUT2D eigenvalue weighted by atomic mass is 10.0. The molecule has 0 unspecified atom stereocenters. The predicted molar refractivity (Wildman–Crippen MR) is 65.2 cm³/mol.